The Morgan fingerprint density at radius 2 is 2.10 bits per heavy atom. The maximum absolute atomic E-state index is 11.9. The van der Waals surface area contributed by atoms with Crippen molar-refractivity contribution >= 4 is 23.5 Å². The highest BCUT2D eigenvalue weighted by Gasteiger charge is 2.36. The molecule has 4 nitrogen and oxygen atoms in total. The fourth-order valence-corrected chi connectivity index (χ4v) is 3.16. The minimum absolute atomic E-state index is 0.0356. The van der Waals surface area contributed by atoms with E-state index in [1.54, 1.807) is 4.90 Å². The summed E-state index contributed by atoms with van der Waals surface area (Å²) < 4.78 is 0. The topological polar surface area (TPSA) is 57.6 Å². The van der Waals surface area contributed by atoms with Crippen molar-refractivity contribution in [2.24, 2.45) is 0 Å². The first kappa shape index (κ1) is 15.1. The Balaban J connectivity index is 1.75. The molecule has 2 rings (SSSR count). The molecule has 5 heteroatoms. The molecule has 1 aromatic rings. The monoisotopic (exact) mass is 293 g/mol. The van der Waals surface area contributed by atoms with Gasteiger partial charge in [0.2, 0.25) is 5.91 Å². The first-order valence-corrected chi connectivity index (χ1v) is 7.83. The number of carbonyl (C=O) groups is 2. The lowest BCUT2D eigenvalue weighted by Crippen LogP contribution is -2.52. The zero-order chi connectivity index (χ0) is 14.4. The molecule has 1 aliphatic rings. The van der Waals surface area contributed by atoms with Crippen LogP contribution in [0, 0.1) is 0 Å². The molecule has 0 saturated carbocycles. The smallest absolute Gasteiger partial charge is 0.226 e. The highest BCUT2D eigenvalue weighted by atomic mass is 32.2. The van der Waals surface area contributed by atoms with Crippen molar-refractivity contribution < 1.29 is 14.7 Å². The quantitative estimate of drug-likeness (QED) is 0.738. The average Bonchev–Trinajstić information content (AvgIpc) is 2.48. The number of Topliss-reactive ketones (excluding diaryl/α,β-unsaturated/α-hetero) is 1. The van der Waals surface area contributed by atoms with Crippen molar-refractivity contribution in [3.05, 3.63) is 35.9 Å². The molecule has 1 heterocycles. The van der Waals surface area contributed by atoms with E-state index in [2.05, 4.69) is 0 Å². The van der Waals surface area contributed by atoms with Crippen LogP contribution in [0.2, 0.25) is 0 Å². The summed E-state index contributed by atoms with van der Waals surface area (Å²) in [5.41, 5.74) is 1.14. The lowest BCUT2D eigenvalue weighted by Gasteiger charge is -2.39. The molecule has 0 aliphatic carbocycles. The number of aliphatic hydroxyl groups excluding tert-OH is 1. The predicted octanol–water partition coefficient (Wildman–Crippen LogP) is 1.47. The fraction of sp³-hybridized carbons (Fsp3) is 0.467. The summed E-state index contributed by atoms with van der Waals surface area (Å²) in [4.78, 5) is 25.1. The molecule has 108 valence electrons. The van der Waals surface area contributed by atoms with Gasteiger partial charge in [0.1, 0.15) is 0 Å². The van der Waals surface area contributed by atoms with Crippen LogP contribution in [0.25, 0.3) is 0 Å². The fourth-order valence-electron chi connectivity index (χ4n) is 2.15. The third kappa shape index (κ3) is 4.08. The molecule has 1 saturated heterocycles. The van der Waals surface area contributed by atoms with Crippen LogP contribution in [0.1, 0.15) is 18.4 Å². The summed E-state index contributed by atoms with van der Waals surface area (Å²) in [6, 6.07) is 9.87. The summed E-state index contributed by atoms with van der Waals surface area (Å²) in [5.74, 6) is 0.733. The van der Waals surface area contributed by atoms with Gasteiger partial charge in [-0.3, -0.25) is 9.59 Å². The molecule has 1 aromatic carbocycles. The first-order chi connectivity index (χ1) is 9.70. The van der Waals surface area contributed by atoms with Crippen LogP contribution in [-0.2, 0) is 16.0 Å². The summed E-state index contributed by atoms with van der Waals surface area (Å²) in [6.07, 6.45) is 1.66. The van der Waals surface area contributed by atoms with Gasteiger partial charge in [0.25, 0.3) is 0 Å². The van der Waals surface area contributed by atoms with E-state index >= 15 is 0 Å². The summed E-state index contributed by atoms with van der Waals surface area (Å²) in [6.45, 7) is 0.305. The Kier molecular flexibility index (Phi) is 5.61. The van der Waals surface area contributed by atoms with Crippen molar-refractivity contribution in [2.45, 2.75) is 24.6 Å². The second-order valence-electron chi connectivity index (χ2n) is 4.80. The van der Waals surface area contributed by atoms with Crippen LogP contribution in [0.15, 0.2) is 30.3 Å². The molecule has 0 aromatic heterocycles. The van der Waals surface area contributed by atoms with Crippen molar-refractivity contribution in [3.8, 4) is 0 Å². The van der Waals surface area contributed by atoms with E-state index in [0.29, 0.717) is 18.6 Å². The number of nitrogens with zero attached hydrogens (tertiary/aromatic N) is 1. The van der Waals surface area contributed by atoms with E-state index in [4.69, 9.17) is 5.11 Å². The van der Waals surface area contributed by atoms with Gasteiger partial charge in [-0.05, 0) is 12.0 Å². The number of benzene rings is 1. The summed E-state index contributed by atoms with van der Waals surface area (Å²) in [5, 5.41) is 8.85. The number of hydrogen-bond donors (Lipinski definition) is 1. The van der Waals surface area contributed by atoms with Gasteiger partial charge in [-0.1, -0.05) is 30.3 Å². The number of β-lactam (4-membered cyclic amide) rings is 1. The number of ketones is 1. The molecule has 20 heavy (non-hydrogen) atoms. The number of likely N-dealkylation sites (tertiary alicyclic amines) is 1. The Hall–Kier alpha value is -1.33. The summed E-state index contributed by atoms with van der Waals surface area (Å²) in [7, 11) is 0. The second kappa shape index (κ2) is 7.45. The van der Waals surface area contributed by atoms with E-state index in [1.807, 2.05) is 30.3 Å². The molecule has 1 fully saturated rings. The van der Waals surface area contributed by atoms with Gasteiger partial charge in [0.05, 0.1) is 24.9 Å². The number of amides is 1. The first-order valence-electron chi connectivity index (χ1n) is 6.78. The highest BCUT2D eigenvalue weighted by molar-refractivity contribution is 8.00. The van der Waals surface area contributed by atoms with Crippen molar-refractivity contribution in [1.29, 1.82) is 0 Å². The van der Waals surface area contributed by atoms with E-state index in [-0.39, 0.29) is 30.2 Å². The number of aliphatic hydroxyl groups is 1. The van der Waals surface area contributed by atoms with Crippen molar-refractivity contribution in [3.63, 3.8) is 0 Å². The van der Waals surface area contributed by atoms with Gasteiger partial charge in [-0.2, -0.15) is 0 Å². The van der Waals surface area contributed by atoms with E-state index in [9.17, 15) is 9.59 Å². The average molecular weight is 293 g/mol. The van der Waals surface area contributed by atoms with E-state index in [0.717, 1.165) is 12.0 Å². The maximum Gasteiger partial charge on any atom is 0.226 e. The SMILES string of the molecule is O=C(CCc1ccccc1)CN1C(=O)CC1SCCO. The number of rotatable bonds is 8. The maximum atomic E-state index is 11.9. The molecule has 0 spiro atoms. The minimum Gasteiger partial charge on any atom is -0.396 e. The minimum atomic E-state index is 0.0356. The Bertz CT molecular complexity index is 463. The van der Waals surface area contributed by atoms with Gasteiger partial charge in [-0.15, -0.1) is 11.8 Å². The van der Waals surface area contributed by atoms with Crippen LogP contribution in [0.3, 0.4) is 0 Å². The number of carbonyl (C=O) groups excluding carboxylic acids is 2. The Morgan fingerprint density at radius 3 is 2.75 bits per heavy atom. The standard InChI is InChI=1S/C15H19NO3S/c17-8-9-20-15-10-14(19)16(15)11-13(18)7-6-12-4-2-1-3-5-12/h1-5,15,17H,6-11H2. The molecular formula is C15H19NO3S. The van der Waals surface area contributed by atoms with Crippen molar-refractivity contribution in [2.75, 3.05) is 18.9 Å². The zero-order valence-corrected chi connectivity index (χ0v) is 12.1. The lowest BCUT2D eigenvalue weighted by atomic mass is 10.1. The number of thioether (sulfide) groups is 1. The largest absolute Gasteiger partial charge is 0.396 e. The van der Waals surface area contributed by atoms with E-state index < -0.39 is 0 Å². The third-order valence-electron chi connectivity index (χ3n) is 3.30. The van der Waals surface area contributed by atoms with Crippen LogP contribution >= 0.6 is 11.8 Å². The molecule has 0 radical (unpaired) electrons. The van der Waals surface area contributed by atoms with Crippen LogP contribution in [0.5, 0.6) is 0 Å². The molecule has 1 atom stereocenters. The molecule has 0 bridgehead atoms. The van der Waals surface area contributed by atoms with Crippen LogP contribution in [-0.4, -0.2) is 46.0 Å². The van der Waals surface area contributed by atoms with Gasteiger partial charge >= 0.3 is 0 Å². The zero-order valence-electron chi connectivity index (χ0n) is 11.3. The highest BCUT2D eigenvalue weighted by Crippen LogP contribution is 2.29. The Labute approximate surface area is 123 Å². The van der Waals surface area contributed by atoms with Gasteiger partial charge in [0.15, 0.2) is 5.78 Å². The van der Waals surface area contributed by atoms with Crippen molar-refractivity contribution in [1.82, 2.24) is 4.90 Å². The number of hydrogen-bond acceptors (Lipinski definition) is 4. The van der Waals surface area contributed by atoms with Crippen LogP contribution < -0.4 is 0 Å². The predicted molar refractivity (Wildman–Crippen MR) is 79.4 cm³/mol. The lowest BCUT2D eigenvalue weighted by molar-refractivity contribution is -0.144. The van der Waals surface area contributed by atoms with Gasteiger partial charge in [0, 0.05) is 12.2 Å². The Morgan fingerprint density at radius 1 is 1.35 bits per heavy atom. The van der Waals surface area contributed by atoms with Gasteiger partial charge < -0.3 is 10.0 Å². The normalized spacial score (nSPS) is 17.9. The molecule has 1 unspecified atom stereocenters. The molecule has 1 amide bonds. The van der Waals surface area contributed by atoms with Crippen LogP contribution in [0.4, 0.5) is 0 Å². The third-order valence-corrected chi connectivity index (χ3v) is 4.52. The summed E-state index contributed by atoms with van der Waals surface area (Å²) >= 11 is 1.53. The number of aryl methyl sites for hydroxylation is 1. The van der Waals surface area contributed by atoms with Gasteiger partial charge in [-0.25, -0.2) is 0 Å². The second-order valence-corrected chi connectivity index (χ2v) is 6.08. The molecule has 1 aliphatic heterocycles. The van der Waals surface area contributed by atoms with E-state index in [1.165, 1.54) is 11.8 Å². The molecular weight excluding hydrogens is 274 g/mol. The molecule has 1 N–H and O–H groups in total.